The standard InChI is InChI=1S/C14H20N4O3/c1-10(2)16-5-7-17(8-6-16)12-4-3-11(14(15)19)9-13(12)18(20)21/h3-4,9-10H,5-8H2,1-2H3,(H2,15,19). The van der Waals surface area contributed by atoms with E-state index in [1.165, 1.54) is 6.07 Å². The topological polar surface area (TPSA) is 92.7 Å². The minimum absolute atomic E-state index is 0.0655. The van der Waals surface area contributed by atoms with E-state index in [1.54, 1.807) is 12.1 Å². The Bertz CT molecular complexity index is 551. The van der Waals surface area contributed by atoms with Gasteiger partial charge in [0, 0.05) is 43.9 Å². The summed E-state index contributed by atoms with van der Waals surface area (Å²) in [6.07, 6.45) is 0. The number of nitrogens with zero attached hydrogens (tertiary/aromatic N) is 3. The highest BCUT2D eigenvalue weighted by Gasteiger charge is 2.25. The number of primary amides is 1. The quantitative estimate of drug-likeness (QED) is 0.665. The largest absolute Gasteiger partial charge is 0.366 e. The monoisotopic (exact) mass is 292 g/mol. The molecule has 0 bridgehead atoms. The Morgan fingerprint density at radius 3 is 2.38 bits per heavy atom. The highest BCUT2D eigenvalue weighted by atomic mass is 16.6. The van der Waals surface area contributed by atoms with Crippen LogP contribution in [0.1, 0.15) is 24.2 Å². The van der Waals surface area contributed by atoms with Crippen molar-refractivity contribution in [3.63, 3.8) is 0 Å². The van der Waals surface area contributed by atoms with Gasteiger partial charge in [-0.3, -0.25) is 19.8 Å². The lowest BCUT2D eigenvalue weighted by Gasteiger charge is -2.37. The van der Waals surface area contributed by atoms with Crippen LogP contribution in [0.5, 0.6) is 0 Å². The Kier molecular flexibility index (Phi) is 4.42. The molecule has 21 heavy (non-hydrogen) atoms. The average molecular weight is 292 g/mol. The van der Waals surface area contributed by atoms with Gasteiger partial charge in [0.05, 0.1) is 4.92 Å². The minimum atomic E-state index is -0.658. The predicted molar refractivity (Wildman–Crippen MR) is 80.5 cm³/mol. The number of amides is 1. The first-order valence-electron chi connectivity index (χ1n) is 6.97. The summed E-state index contributed by atoms with van der Waals surface area (Å²) >= 11 is 0. The highest BCUT2D eigenvalue weighted by molar-refractivity contribution is 5.94. The second-order valence-electron chi connectivity index (χ2n) is 5.44. The van der Waals surface area contributed by atoms with Crippen molar-refractivity contribution in [2.75, 3.05) is 31.1 Å². The fourth-order valence-corrected chi connectivity index (χ4v) is 2.57. The molecule has 1 heterocycles. The van der Waals surface area contributed by atoms with E-state index in [-0.39, 0.29) is 11.3 Å². The predicted octanol–water partition coefficient (Wildman–Crippen LogP) is 1.22. The lowest BCUT2D eigenvalue weighted by Crippen LogP contribution is -2.49. The molecule has 7 heteroatoms. The molecule has 0 radical (unpaired) electrons. The van der Waals surface area contributed by atoms with E-state index < -0.39 is 10.8 Å². The smallest absolute Gasteiger partial charge is 0.293 e. The van der Waals surface area contributed by atoms with Crippen molar-refractivity contribution < 1.29 is 9.72 Å². The van der Waals surface area contributed by atoms with Crippen molar-refractivity contribution in [1.82, 2.24) is 4.90 Å². The summed E-state index contributed by atoms with van der Waals surface area (Å²) in [6, 6.07) is 4.88. The fraction of sp³-hybridized carbons (Fsp3) is 0.500. The third kappa shape index (κ3) is 3.30. The molecule has 2 rings (SSSR count). The van der Waals surface area contributed by atoms with Crippen molar-refractivity contribution in [3.05, 3.63) is 33.9 Å². The first-order chi connectivity index (χ1) is 9.90. The van der Waals surface area contributed by atoms with Crippen LogP contribution in [0, 0.1) is 10.1 Å². The van der Waals surface area contributed by atoms with Crippen molar-refractivity contribution in [1.29, 1.82) is 0 Å². The number of hydrogen-bond acceptors (Lipinski definition) is 5. The third-order valence-corrected chi connectivity index (χ3v) is 3.84. The van der Waals surface area contributed by atoms with Gasteiger partial charge in [0.1, 0.15) is 5.69 Å². The van der Waals surface area contributed by atoms with E-state index in [2.05, 4.69) is 18.7 Å². The Morgan fingerprint density at radius 2 is 1.90 bits per heavy atom. The molecule has 1 aliphatic heterocycles. The zero-order valence-corrected chi connectivity index (χ0v) is 12.3. The van der Waals surface area contributed by atoms with E-state index in [1.807, 2.05) is 4.90 Å². The van der Waals surface area contributed by atoms with Crippen molar-refractivity contribution in [3.8, 4) is 0 Å². The average Bonchev–Trinajstić information content (AvgIpc) is 2.46. The van der Waals surface area contributed by atoms with E-state index >= 15 is 0 Å². The SMILES string of the molecule is CC(C)N1CCN(c2ccc(C(N)=O)cc2[N+](=O)[O-])CC1. The Morgan fingerprint density at radius 1 is 1.29 bits per heavy atom. The van der Waals surface area contributed by atoms with Crippen LogP contribution in [0.25, 0.3) is 0 Å². The molecule has 1 fully saturated rings. The summed E-state index contributed by atoms with van der Waals surface area (Å²) in [5, 5.41) is 11.2. The van der Waals surface area contributed by atoms with E-state index in [4.69, 9.17) is 5.73 Å². The molecular weight excluding hydrogens is 272 g/mol. The van der Waals surface area contributed by atoms with Crippen molar-refractivity contribution >= 4 is 17.3 Å². The molecule has 1 amide bonds. The van der Waals surface area contributed by atoms with E-state index in [9.17, 15) is 14.9 Å². The van der Waals surface area contributed by atoms with Gasteiger partial charge in [-0.25, -0.2) is 0 Å². The van der Waals surface area contributed by atoms with Gasteiger partial charge < -0.3 is 10.6 Å². The highest BCUT2D eigenvalue weighted by Crippen LogP contribution is 2.30. The number of nitrogens with two attached hydrogens (primary N) is 1. The molecule has 0 atom stereocenters. The number of hydrogen-bond donors (Lipinski definition) is 1. The minimum Gasteiger partial charge on any atom is -0.366 e. The lowest BCUT2D eigenvalue weighted by atomic mass is 10.1. The van der Waals surface area contributed by atoms with Crippen LogP contribution in [0.15, 0.2) is 18.2 Å². The first kappa shape index (κ1) is 15.2. The normalized spacial score (nSPS) is 16.2. The Balaban J connectivity index is 2.24. The number of anilines is 1. The van der Waals surface area contributed by atoms with Gasteiger partial charge in [-0.15, -0.1) is 0 Å². The van der Waals surface area contributed by atoms with Crippen LogP contribution in [0.3, 0.4) is 0 Å². The molecular formula is C14H20N4O3. The summed E-state index contributed by atoms with van der Waals surface area (Å²) in [4.78, 5) is 26.2. The molecule has 1 aliphatic rings. The molecule has 0 unspecified atom stereocenters. The lowest BCUT2D eigenvalue weighted by molar-refractivity contribution is -0.384. The Labute approximate surface area is 123 Å². The van der Waals surface area contributed by atoms with E-state index in [0.29, 0.717) is 11.7 Å². The molecule has 1 aromatic rings. The van der Waals surface area contributed by atoms with Crippen LogP contribution in [-0.4, -0.2) is 48.0 Å². The van der Waals surface area contributed by atoms with Crippen LogP contribution >= 0.6 is 0 Å². The van der Waals surface area contributed by atoms with Gasteiger partial charge in [0.25, 0.3) is 5.69 Å². The van der Waals surface area contributed by atoms with Gasteiger partial charge in [0.15, 0.2) is 0 Å². The molecule has 0 aliphatic carbocycles. The molecule has 0 saturated carbocycles. The van der Waals surface area contributed by atoms with Gasteiger partial charge in [-0.2, -0.15) is 0 Å². The number of piperazine rings is 1. The fourth-order valence-electron chi connectivity index (χ4n) is 2.57. The van der Waals surface area contributed by atoms with Crippen LogP contribution in [0.4, 0.5) is 11.4 Å². The number of nitro benzene ring substituents is 1. The second kappa shape index (κ2) is 6.09. The maximum absolute atomic E-state index is 11.2. The molecule has 114 valence electrons. The van der Waals surface area contributed by atoms with Gasteiger partial charge >= 0.3 is 0 Å². The number of rotatable bonds is 4. The van der Waals surface area contributed by atoms with E-state index in [0.717, 1.165) is 26.2 Å². The van der Waals surface area contributed by atoms with Gasteiger partial charge in [0.2, 0.25) is 5.91 Å². The Hall–Kier alpha value is -2.15. The molecule has 7 nitrogen and oxygen atoms in total. The number of benzene rings is 1. The van der Waals surface area contributed by atoms with Crippen LogP contribution in [-0.2, 0) is 0 Å². The molecule has 0 spiro atoms. The number of carbonyl (C=O) groups is 1. The summed E-state index contributed by atoms with van der Waals surface area (Å²) < 4.78 is 0. The van der Waals surface area contributed by atoms with Crippen LogP contribution < -0.4 is 10.6 Å². The zero-order valence-electron chi connectivity index (χ0n) is 12.3. The summed E-state index contributed by atoms with van der Waals surface area (Å²) in [7, 11) is 0. The summed E-state index contributed by atoms with van der Waals surface area (Å²) in [5.74, 6) is -0.658. The molecule has 1 aromatic carbocycles. The molecule has 1 saturated heterocycles. The maximum Gasteiger partial charge on any atom is 0.293 e. The van der Waals surface area contributed by atoms with Gasteiger partial charge in [-0.1, -0.05) is 0 Å². The maximum atomic E-state index is 11.2. The zero-order chi connectivity index (χ0) is 15.6. The van der Waals surface area contributed by atoms with Gasteiger partial charge in [-0.05, 0) is 26.0 Å². The van der Waals surface area contributed by atoms with Crippen molar-refractivity contribution in [2.45, 2.75) is 19.9 Å². The second-order valence-corrected chi connectivity index (χ2v) is 5.44. The summed E-state index contributed by atoms with van der Waals surface area (Å²) in [5.41, 5.74) is 5.82. The number of nitro groups is 1. The van der Waals surface area contributed by atoms with Crippen molar-refractivity contribution in [2.24, 2.45) is 5.73 Å². The first-order valence-corrected chi connectivity index (χ1v) is 6.97. The summed E-state index contributed by atoms with van der Waals surface area (Å²) in [6.45, 7) is 7.47. The third-order valence-electron chi connectivity index (χ3n) is 3.84. The molecule has 2 N–H and O–H groups in total. The van der Waals surface area contributed by atoms with Crippen LogP contribution in [0.2, 0.25) is 0 Å². The number of carbonyl (C=O) groups excluding carboxylic acids is 1. The molecule has 0 aromatic heterocycles.